The van der Waals surface area contributed by atoms with Gasteiger partial charge in [0.25, 0.3) is 0 Å². The minimum absolute atomic E-state index is 0.436. The number of thiophene rings is 1. The summed E-state index contributed by atoms with van der Waals surface area (Å²) in [4.78, 5) is 1.09. The summed E-state index contributed by atoms with van der Waals surface area (Å²) in [7, 11) is 0. The summed E-state index contributed by atoms with van der Waals surface area (Å²) in [6.45, 7) is 4.12. The lowest BCUT2D eigenvalue weighted by Gasteiger charge is -2.10. The topological polar surface area (TPSA) is 54.2 Å². The lowest BCUT2D eigenvalue weighted by molar-refractivity contribution is 0.885. The number of rotatable bonds is 5. The number of aryl methyl sites for hydroxylation is 2. The Morgan fingerprint density at radius 2 is 1.93 bits per heavy atom. The quantitative estimate of drug-likeness (QED) is 0.248. The molecule has 2 heterocycles. The van der Waals surface area contributed by atoms with Crippen LogP contribution < -0.4 is 10.7 Å². The molecule has 0 atom stereocenters. The van der Waals surface area contributed by atoms with Gasteiger partial charge in [-0.1, -0.05) is 42.0 Å². The Labute approximate surface area is 185 Å². The van der Waals surface area contributed by atoms with Crippen molar-refractivity contribution in [3.05, 3.63) is 88.9 Å². The van der Waals surface area contributed by atoms with E-state index in [1.54, 1.807) is 17.6 Å². The van der Waals surface area contributed by atoms with E-state index in [0.717, 1.165) is 33.1 Å². The number of thiocarbonyl (C=S) groups is 1. The molecule has 0 aliphatic rings. The lowest BCUT2D eigenvalue weighted by Crippen LogP contribution is -2.24. The van der Waals surface area contributed by atoms with Gasteiger partial charge in [0.1, 0.15) is 5.69 Å². The second kappa shape index (κ2) is 9.02. The molecule has 0 spiro atoms. The van der Waals surface area contributed by atoms with E-state index in [1.807, 2.05) is 71.7 Å². The molecule has 0 bridgehead atoms. The Bertz CT molecular complexity index is 1180. The van der Waals surface area contributed by atoms with E-state index >= 15 is 0 Å². The van der Waals surface area contributed by atoms with Crippen molar-refractivity contribution in [1.82, 2.24) is 15.2 Å². The average Bonchev–Trinajstić information content (AvgIpc) is 3.41. The molecular formula is C23H21N5S2. The number of para-hydroxylation sites is 1. The van der Waals surface area contributed by atoms with Crippen molar-refractivity contribution >= 4 is 40.6 Å². The van der Waals surface area contributed by atoms with Gasteiger partial charge in [-0.3, -0.25) is 5.43 Å². The van der Waals surface area contributed by atoms with E-state index in [1.165, 1.54) is 5.56 Å². The molecule has 30 heavy (non-hydrogen) atoms. The SMILES string of the molecule is Cc1ccc(NC(=S)NN=Cc2cn(-c3ccccc3)nc2-c2cccs2)c(C)c1. The van der Waals surface area contributed by atoms with Gasteiger partial charge in [-0.05, 0) is 61.3 Å². The molecule has 0 fully saturated rings. The fraction of sp³-hybridized carbons (Fsp3) is 0.0870. The summed E-state index contributed by atoms with van der Waals surface area (Å²) in [5.74, 6) is 0. The van der Waals surface area contributed by atoms with E-state index in [4.69, 9.17) is 17.3 Å². The third-order valence-corrected chi connectivity index (χ3v) is 5.59. The fourth-order valence-corrected chi connectivity index (χ4v) is 3.96. The number of hydrazone groups is 1. The fourth-order valence-electron chi connectivity index (χ4n) is 3.06. The number of hydrogen-bond donors (Lipinski definition) is 2. The van der Waals surface area contributed by atoms with Gasteiger partial charge in [-0.25, -0.2) is 4.68 Å². The van der Waals surface area contributed by atoms with Crippen molar-refractivity contribution in [3.63, 3.8) is 0 Å². The zero-order chi connectivity index (χ0) is 20.9. The molecule has 4 aromatic rings. The van der Waals surface area contributed by atoms with Crippen LogP contribution in [0.25, 0.3) is 16.3 Å². The van der Waals surface area contributed by atoms with Crippen LogP contribution in [0.15, 0.2) is 77.3 Å². The molecule has 5 nitrogen and oxygen atoms in total. The van der Waals surface area contributed by atoms with Gasteiger partial charge in [0.15, 0.2) is 5.11 Å². The maximum atomic E-state index is 5.38. The number of hydrogen-bond acceptors (Lipinski definition) is 4. The monoisotopic (exact) mass is 431 g/mol. The van der Waals surface area contributed by atoms with Crippen LogP contribution in [0.4, 0.5) is 5.69 Å². The predicted molar refractivity (Wildman–Crippen MR) is 130 cm³/mol. The standard InChI is InChI=1S/C23H21N5S2/c1-16-10-11-20(17(2)13-16)25-23(29)26-24-14-18-15-28(19-7-4-3-5-8-19)27-22(18)21-9-6-12-30-21/h3-15H,1-2H3,(H2,25,26,29). The van der Waals surface area contributed by atoms with Gasteiger partial charge in [0, 0.05) is 17.4 Å². The summed E-state index contributed by atoms with van der Waals surface area (Å²) in [5.41, 5.74) is 8.99. The van der Waals surface area contributed by atoms with Crippen LogP contribution in [0.5, 0.6) is 0 Å². The molecule has 2 aromatic carbocycles. The van der Waals surface area contributed by atoms with E-state index in [-0.39, 0.29) is 0 Å². The highest BCUT2D eigenvalue weighted by atomic mass is 32.1. The molecule has 2 N–H and O–H groups in total. The smallest absolute Gasteiger partial charge is 0.191 e. The highest BCUT2D eigenvalue weighted by Crippen LogP contribution is 2.26. The van der Waals surface area contributed by atoms with Crippen molar-refractivity contribution in [2.75, 3.05) is 5.32 Å². The Hall–Kier alpha value is -3.29. The van der Waals surface area contributed by atoms with Crippen molar-refractivity contribution in [2.45, 2.75) is 13.8 Å². The molecule has 2 aromatic heterocycles. The maximum absolute atomic E-state index is 5.38. The Morgan fingerprint density at radius 3 is 2.67 bits per heavy atom. The first-order valence-corrected chi connectivity index (χ1v) is 10.8. The molecule has 7 heteroatoms. The zero-order valence-electron chi connectivity index (χ0n) is 16.7. The molecule has 0 amide bonds. The summed E-state index contributed by atoms with van der Waals surface area (Å²) in [6.07, 6.45) is 3.72. The second-order valence-electron chi connectivity index (χ2n) is 6.83. The normalized spacial score (nSPS) is 11.0. The molecule has 0 radical (unpaired) electrons. The minimum atomic E-state index is 0.436. The first-order valence-electron chi connectivity index (χ1n) is 9.46. The van der Waals surface area contributed by atoms with Crippen LogP contribution in [0.1, 0.15) is 16.7 Å². The third kappa shape index (κ3) is 4.64. The van der Waals surface area contributed by atoms with Crippen molar-refractivity contribution < 1.29 is 0 Å². The first-order chi connectivity index (χ1) is 14.6. The van der Waals surface area contributed by atoms with Crippen LogP contribution in [0.3, 0.4) is 0 Å². The molecule has 0 aliphatic heterocycles. The van der Waals surface area contributed by atoms with Crippen molar-refractivity contribution in [2.24, 2.45) is 5.10 Å². The van der Waals surface area contributed by atoms with Gasteiger partial charge in [0.05, 0.1) is 16.8 Å². The average molecular weight is 432 g/mol. The van der Waals surface area contributed by atoms with Crippen LogP contribution >= 0.6 is 23.6 Å². The summed E-state index contributed by atoms with van der Waals surface area (Å²) in [5, 5.41) is 14.8. The molecule has 0 unspecified atom stereocenters. The molecule has 150 valence electrons. The van der Waals surface area contributed by atoms with E-state index in [9.17, 15) is 0 Å². The van der Waals surface area contributed by atoms with Crippen LogP contribution in [-0.4, -0.2) is 21.1 Å². The van der Waals surface area contributed by atoms with Gasteiger partial charge in [0.2, 0.25) is 0 Å². The molecular weight excluding hydrogens is 410 g/mol. The minimum Gasteiger partial charge on any atom is -0.331 e. The van der Waals surface area contributed by atoms with Gasteiger partial charge < -0.3 is 5.32 Å². The summed E-state index contributed by atoms with van der Waals surface area (Å²) >= 11 is 7.03. The van der Waals surface area contributed by atoms with Gasteiger partial charge in [-0.15, -0.1) is 11.3 Å². The van der Waals surface area contributed by atoms with Crippen LogP contribution in [0, 0.1) is 13.8 Å². The highest BCUT2D eigenvalue weighted by Gasteiger charge is 2.12. The summed E-state index contributed by atoms with van der Waals surface area (Å²) < 4.78 is 1.86. The third-order valence-electron chi connectivity index (χ3n) is 4.52. The lowest BCUT2D eigenvalue weighted by atomic mass is 10.1. The van der Waals surface area contributed by atoms with E-state index < -0.39 is 0 Å². The second-order valence-corrected chi connectivity index (χ2v) is 8.19. The number of benzene rings is 2. The molecule has 0 saturated carbocycles. The van der Waals surface area contributed by atoms with Gasteiger partial charge >= 0.3 is 0 Å². The molecule has 4 rings (SSSR count). The van der Waals surface area contributed by atoms with E-state index in [2.05, 4.69) is 34.9 Å². The van der Waals surface area contributed by atoms with Gasteiger partial charge in [-0.2, -0.15) is 10.2 Å². The predicted octanol–water partition coefficient (Wildman–Crippen LogP) is 5.54. The number of aromatic nitrogens is 2. The highest BCUT2D eigenvalue weighted by molar-refractivity contribution is 7.80. The number of nitrogens with zero attached hydrogens (tertiary/aromatic N) is 3. The Morgan fingerprint density at radius 1 is 1.10 bits per heavy atom. The Balaban J connectivity index is 1.52. The van der Waals surface area contributed by atoms with Crippen molar-refractivity contribution in [3.8, 4) is 16.3 Å². The molecule has 0 saturated heterocycles. The zero-order valence-corrected chi connectivity index (χ0v) is 18.3. The summed E-state index contributed by atoms with van der Waals surface area (Å²) in [6, 6.07) is 20.3. The van der Waals surface area contributed by atoms with Crippen LogP contribution in [-0.2, 0) is 0 Å². The van der Waals surface area contributed by atoms with Crippen LogP contribution in [0.2, 0.25) is 0 Å². The number of anilines is 1. The number of nitrogens with one attached hydrogen (secondary N) is 2. The maximum Gasteiger partial charge on any atom is 0.191 e. The largest absolute Gasteiger partial charge is 0.331 e. The van der Waals surface area contributed by atoms with Crippen molar-refractivity contribution in [1.29, 1.82) is 0 Å². The first kappa shape index (κ1) is 20.0. The Kier molecular flexibility index (Phi) is 6.02. The van der Waals surface area contributed by atoms with E-state index in [0.29, 0.717) is 5.11 Å². The molecule has 0 aliphatic carbocycles.